The van der Waals surface area contributed by atoms with E-state index in [1.165, 1.54) is 148 Å². The summed E-state index contributed by atoms with van der Waals surface area (Å²) in [6, 6.07) is -0.737. The van der Waals surface area contributed by atoms with Crippen LogP contribution in [0, 0.1) is 0 Å². The topological polar surface area (TPSA) is 89.8 Å². The summed E-state index contributed by atoms with van der Waals surface area (Å²) in [4.78, 5) is 12.4. The molecular weight excluding hydrogens is 534 g/mol. The van der Waals surface area contributed by atoms with Gasteiger partial charge >= 0.3 is 0 Å². The molecule has 0 aromatic heterocycles. The molecule has 0 aliphatic carbocycles. The second-order valence-corrected chi connectivity index (χ2v) is 13.2. The van der Waals surface area contributed by atoms with E-state index in [4.69, 9.17) is 0 Å². The third kappa shape index (κ3) is 30.9. The van der Waals surface area contributed by atoms with Crippen LogP contribution < -0.4 is 5.32 Å². The van der Waals surface area contributed by atoms with Gasteiger partial charge in [-0.3, -0.25) is 4.79 Å². The average Bonchev–Trinajstić information content (AvgIpc) is 3.00. The van der Waals surface area contributed by atoms with Crippen LogP contribution >= 0.6 is 0 Å². The highest BCUT2D eigenvalue weighted by atomic mass is 16.3. The van der Waals surface area contributed by atoms with Crippen molar-refractivity contribution in [3.63, 3.8) is 0 Å². The summed E-state index contributed by atoms with van der Waals surface area (Å²) in [7, 11) is 0. The number of allylic oxidation sites excluding steroid dienone is 1. The minimum atomic E-state index is -0.922. The van der Waals surface area contributed by atoms with Crippen LogP contribution in [-0.4, -0.2) is 46.1 Å². The number of unbranched alkanes of at least 4 members (excludes halogenated alkanes) is 25. The normalized spacial score (nSPS) is 13.9. The molecule has 0 fully saturated rings. The summed E-state index contributed by atoms with van der Waals surface area (Å²) in [5.41, 5.74) is 0. The Morgan fingerprint density at radius 2 is 0.953 bits per heavy atom. The van der Waals surface area contributed by atoms with Crippen LogP contribution in [0.25, 0.3) is 0 Å². The van der Waals surface area contributed by atoms with Gasteiger partial charge in [0.15, 0.2) is 0 Å². The van der Waals surface area contributed by atoms with E-state index in [1.807, 2.05) is 6.08 Å². The van der Waals surface area contributed by atoms with Crippen LogP contribution in [0.4, 0.5) is 0 Å². The molecular formula is C38H75NO4. The van der Waals surface area contributed by atoms with E-state index in [2.05, 4.69) is 19.2 Å². The van der Waals surface area contributed by atoms with Gasteiger partial charge in [-0.05, 0) is 19.3 Å². The molecule has 0 aromatic rings. The lowest BCUT2D eigenvalue weighted by molar-refractivity contribution is -0.124. The summed E-state index contributed by atoms with van der Waals surface area (Å²) < 4.78 is 0. The van der Waals surface area contributed by atoms with Crippen LogP contribution in [0.15, 0.2) is 12.2 Å². The summed E-state index contributed by atoms with van der Waals surface area (Å²) in [6.07, 6.45) is 37.6. The molecule has 256 valence electrons. The number of hydrogen-bond donors (Lipinski definition) is 4. The van der Waals surface area contributed by atoms with Gasteiger partial charge in [0.2, 0.25) is 5.91 Å². The van der Waals surface area contributed by atoms with E-state index in [-0.39, 0.29) is 18.9 Å². The Morgan fingerprint density at radius 3 is 1.35 bits per heavy atom. The van der Waals surface area contributed by atoms with Crippen LogP contribution in [0.1, 0.15) is 200 Å². The van der Waals surface area contributed by atoms with E-state index in [0.717, 1.165) is 25.7 Å². The maximum atomic E-state index is 12.4. The summed E-state index contributed by atoms with van der Waals surface area (Å²) in [5, 5.41) is 33.0. The maximum absolute atomic E-state index is 12.4. The predicted octanol–water partition coefficient (Wildman–Crippen LogP) is 10.1. The van der Waals surface area contributed by atoms with Gasteiger partial charge in [0.25, 0.3) is 0 Å². The molecule has 0 spiro atoms. The molecule has 5 heteroatoms. The summed E-state index contributed by atoms with van der Waals surface area (Å²) in [5.74, 6) is -0.315. The van der Waals surface area contributed by atoms with Crippen LogP contribution in [0.3, 0.4) is 0 Å². The van der Waals surface area contributed by atoms with Crippen molar-refractivity contribution >= 4 is 5.91 Å². The highest BCUT2D eigenvalue weighted by Crippen LogP contribution is 2.15. The zero-order valence-corrected chi connectivity index (χ0v) is 28.8. The first-order valence-electron chi connectivity index (χ1n) is 19.0. The van der Waals surface area contributed by atoms with Crippen LogP contribution in [-0.2, 0) is 4.79 Å². The standard InChI is InChI=1S/C38H75NO4/c1-3-5-7-9-11-13-15-17-18-20-21-23-25-27-29-31-35(41)33-38(43)39-36(34-40)37(42)32-30-28-26-24-22-19-16-14-12-10-8-6-4-2/h30,32,35-37,40-42H,3-29,31,33-34H2,1-2H3,(H,39,43)/b32-30+/t35-,36+,37-/m1/s1. The van der Waals surface area contributed by atoms with Crippen molar-refractivity contribution in [3.05, 3.63) is 12.2 Å². The Kier molecular flexibility index (Phi) is 33.3. The van der Waals surface area contributed by atoms with E-state index >= 15 is 0 Å². The molecule has 0 aliphatic heterocycles. The van der Waals surface area contributed by atoms with Crippen molar-refractivity contribution < 1.29 is 20.1 Å². The van der Waals surface area contributed by atoms with Gasteiger partial charge < -0.3 is 20.6 Å². The zero-order chi connectivity index (χ0) is 31.6. The second-order valence-electron chi connectivity index (χ2n) is 13.2. The molecule has 0 aliphatic rings. The first-order valence-corrected chi connectivity index (χ1v) is 19.0. The second kappa shape index (κ2) is 34.0. The molecule has 43 heavy (non-hydrogen) atoms. The first-order chi connectivity index (χ1) is 21.0. The molecule has 0 rings (SSSR count). The summed E-state index contributed by atoms with van der Waals surface area (Å²) >= 11 is 0. The Labute approximate surface area is 268 Å². The lowest BCUT2D eigenvalue weighted by Gasteiger charge is -2.21. The number of rotatable bonds is 34. The van der Waals surface area contributed by atoms with Crippen molar-refractivity contribution in [3.8, 4) is 0 Å². The van der Waals surface area contributed by atoms with E-state index < -0.39 is 18.2 Å². The lowest BCUT2D eigenvalue weighted by Crippen LogP contribution is -2.45. The predicted molar refractivity (Wildman–Crippen MR) is 185 cm³/mol. The number of hydrogen-bond acceptors (Lipinski definition) is 4. The molecule has 0 radical (unpaired) electrons. The van der Waals surface area contributed by atoms with Gasteiger partial charge in [-0.2, -0.15) is 0 Å². The fraction of sp³-hybridized carbons (Fsp3) is 0.921. The maximum Gasteiger partial charge on any atom is 0.222 e. The van der Waals surface area contributed by atoms with Gasteiger partial charge in [-0.1, -0.05) is 187 Å². The highest BCUT2D eigenvalue weighted by molar-refractivity contribution is 5.76. The van der Waals surface area contributed by atoms with Crippen molar-refractivity contribution in [2.45, 2.75) is 218 Å². The fourth-order valence-corrected chi connectivity index (χ4v) is 5.87. The largest absolute Gasteiger partial charge is 0.394 e. The van der Waals surface area contributed by atoms with E-state index in [0.29, 0.717) is 6.42 Å². The molecule has 3 atom stereocenters. The van der Waals surface area contributed by atoms with E-state index in [1.54, 1.807) is 6.08 Å². The molecule has 5 nitrogen and oxygen atoms in total. The van der Waals surface area contributed by atoms with Gasteiger partial charge in [0.05, 0.1) is 31.3 Å². The molecule has 0 heterocycles. The number of carbonyl (C=O) groups is 1. The molecule has 4 N–H and O–H groups in total. The van der Waals surface area contributed by atoms with Crippen molar-refractivity contribution in [2.75, 3.05) is 6.61 Å². The van der Waals surface area contributed by atoms with E-state index in [9.17, 15) is 20.1 Å². The third-order valence-corrected chi connectivity index (χ3v) is 8.82. The van der Waals surface area contributed by atoms with Gasteiger partial charge in [-0.25, -0.2) is 0 Å². The van der Waals surface area contributed by atoms with Crippen molar-refractivity contribution in [1.82, 2.24) is 5.32 Å². The quantitative estimate of drug-likeness (QED) is 0.0432. The Morgan fingerprint density at radius 1 is 0.581 bits per heavy atom. The third-order valence-electron chi connectivity index (χ3n) is 8.82. The SMILES string of the molecule is CCCCCCCCCCCCC/C=C/[C@@H](O)[C@H](CO)NC(=O)C[C@H](O)CCCCCCCCCCCCCCCCC. The molecule has 0 saturated heterocycles. The Balaban J connectivity index is 3.70. The number of carbonyl (C=O) groups excluding carboxylic acids is 1. The van der Waals surface area contributed by atoms with Gasteiger partial charge in [0, 0.05) is 0 Å². The van der Waals surface area contributed by atoms with Crippen LogP contribution in [0.5, 0.6) is 0 Å². The number of aliphatic hydroxyl groups is 3. The Hall–Kier alpha value is -0.910. The molecule has 0 aromatic carbocycles. The minimum absolute atomic E-state index is 0.0181. The first kappa shape index (κ1) is 42.1. The van der Waals surface area contributed by atoms with Crippen molar-refractivity contribution in [2.24, 2.45) is 0 Å². The summed E-state index contributed by atoms with van der Waals surface area (Å²) in [6.45, 7) is 4.20. The Bertz CT molecular complexity index is 596. The van der Waals surface area contributed by atoms with Gasteiger partial charge in [-0.15, -0.1) is 0 Å². The molecule has 1 amide bonds. The lowest BCUT2D eigenvalue weighted by atomic mass is 10.0. The number of nitrogens with one attached hydrogen (secondary N) is 1. The average molecular weight is 610 g/mol. The molecule has 0 bridgehead atoms. The minimum Gasteiger partial charge on any atom is -0.394 e. The fourth-order valence-electron chi connectivity index (χ4n) is 5.87. The molecule has 0 unspecified atom stereocenters. The highest BCUT2D eigenvalue weighted by Gasteiger charge is 2.20. The monoisotopic (exact) mass is 610 g/mol. The number of amides is 1. The number of aliphatic hydroxyl groups excluding tert-OH is 3. The van der Waals surface area contributed by atoms with Crippen molar-refractivity contribution in [1.29, 1.82) is 0 Å². The van der Waals surface area contributed by atoms with Crippen LogP contribution in [0.2, 0.25) is 0 Å². The zero-order valence-electron chi connectivity index (χ0n) is 28.8. The smallest absolute Gasteiger partial charge is 0.222 e. The van der Waals surface area contributed by atoms with Gasteiger partial charge in [0.1, 0.15) is 0 Å². The molecule has 0 saturated carbocycles.